The van der Waals surface area contributed by atoms with E-state index in [0.717, 1.165) is 15.4 Å². The molecule has 1 aromatic heterocycles. The highest BCUT2D eigenvalue weighted by molar-refractivity contribution is 9.10. The third-order valence-corrected chi connectivity index (χ3v) is 2.70. The van der Waals surface area contributed by atoms with Crippen molar-refractivity contribution in [3.05, 3.63) is 34.4 Å². The van der Waals surface area contributed by atoms with Gasteiger partial charge in [-0.3, -0.25) is 4.57 Å². The fourth-order valence-corrected chi connectivity index (χ4v) is 2.14. The summed E-state index contributed by atoms with van der Waals surface area (Å²) in [5.41, 5.74) is 2.28. The lowest BCUT2D eigenvalue weighted by Crippen LogP contribution is -1.84. The van der Waals surface area contributed by atoms with Crippen molar-refractivity contribution in [3.63, 3.8) is 0 Å². The predicted octanol–water partition coefficient (Wildman–Crippen LogP) is 3.15. The molecule has 13 heavy (non-hydrogen) atoms. The number of benzene rings is 1. The standard InChI is InChI=1S/C11H8BrN/c1-3-13-5-4-9-10(12)6-8(2)7-11(9)13/h1,4-7H,2H3. The molecule has 0 aliphatic rings. The summed E-state index contributed by atoms with van der Waals surface area (Å²) in [7, 11) is 0. The van der Waals surface area contributed by atoms with Crippen LogP contribution in [-0.2, 0) is 0 Å². The van der Waals surface area contributed by atoms with Gasteiger partial charge in [0.1, 0.15) is 0 Å². The Morgan fingerprint density at radius 1 is 1.46 bits per heavy atom. The molecule has 2 rings (SSSR count). The van der Waals surface area contributed by atoms with E-state index in [1.165, 1.54) is 5.56 Å². The molecule has 0 fully saturated rings. The first-order valence-corrected chi connectivity index (χ1v) is 4.75. The molecule has 1 heterocycles. The molecule has 0 radical (unpaired) electrons. The number of aryl methyl sites for hydroxylation is 1. The summed E-state index contributed by atoms with van der Waals surface area (Å²) in [6.45, 7) is 2.05. The lowest BCUT2D eigenvalue weighted by Gasteiger charge is -1.99. The van der Waals surface area contributed by atoms with Gasteiger partial charge in [0.15, 0.2) is 0 Å². The van der Waals surface area contributed by atoms with Gasteiger partial charge < -0.3 is 0 Å². The average molecular weight is 234 g/mol. The minimum Gasteiger partial charge on any atom is -0.277 e. The van der Waals surface area contributed by atoms with E-state index in [2.05, 4.69) is 41.0 Å². The lowest BCUT2D eigenvalue weighted by molar-refractivity contribution is 1.20. The first kappa shape index (κ1) is 8.40. The van der Waals surface area contributed by atoms with Crippen LogP contribution in [0.3, 0.4) is 0 Å². The molecule has 1 aromatic carbocycles. The highest BCUT2D eigenvalue weighted by atomic mass is 79.9. The quantitative estimate of drug-likeness (QED) is 0.617. The fourth-order valence-electron chi connectivity index (χ4n) is 1.44. The summed E-state index contributed by atoms with van der Waals surface area (Å²) < 4.78 is 2.88. The van der Waals surface area contributed by atoms with Crippen molar-refractivity contribution >= 4 is 26.8 Å². The summed E-state index contributed by atoms with van der Waals surface area (Å²) in [6.07, 6.45) is 7.26. The fraction of sp³-hybridized carbons (Fsp3) is 0.0909. The van der Waals surface area contributed by atoms with Gasteiger partial charge in [-0.15, -0.1) is 0 Å². The van der Waals surface area contributed by atoms with E-state index in [0.29, 0.717) is 0 Å². The number of nitrogens with zero attached hydrogens (tertiary/aromatic N) is 1. The van der Waals surface area contributed by atoms with E-state index < -0.39 is 0 Å². The van der Waals surface area contributed by atoms with Gasteiger partial charge in [0.2, 0.25) is 0 Å². The second kappa shape index (κ2) is 2.93. The average Bonchev–Trinajstić information content (AvgIpc) is 2.47. The summed E-state index contributed by atoms with van der Waals surface area (Å²) in [5.74, 6) is 0. The Bertz CT molecular complexity index is 503. The number of halogens is 1. The van der Waals surface area contributed by atoms with E-state index in [1.807, 2.05) is 12.3 Å². The van der Waals surface area contributed by atoms with Crippen molar-refractivity contribution in [2.45, 2.75) is 6.92 Å². The Hall–Kier alpha value is -1.20. The van der Waals surface area contributed by atoms with Crippen molar-refractivity contribution in [1.82, 2.24) is 4.57 Å². The first-order valence-electron chi connectivity index (χ1n) is 3.96. The van der Waals surface area contributed by atoms with Crippen LogP contribution < -0.4 is 0 Å². The number of aromatic nitrogens is 1. The number of hydrogen-bond acceptors (Lipinski definition) is 0. The van der Waals surface area contributed by atoms with Gasteiger partial charge in [0.05, 0.1) is 5.52 Å². The highest BCUT2D eigenvalue weighted by Gasteiger charge is 2.03. The first-order chi connectivity index (χ1) is 6.22. The predicted molar refractivity (Wildman–Crippen MR) is 58.6 cm³/mol. The maximum atomic E-state index is 5.36. The van der Waals surface area contributed by atoms with Gasteiger partial charge in [-0.1, -0.05) is 22.4 Å². The molecule has 0 atom stereocenters. The summed E-state index contributed by atoms with van der Waals surface area (Å²) >= 11 is 3.51. The van der Waals surface area contributed by atoms with Gasteiger partial charge in [-0.2, -0.15) is 0 Å². The maximum absolute atomic E-state index is 5.36. The van der Waals surface area contributed by atoms with Crippen molar-refractivity contribution < 1.29 is 0 Å². The summed E-state index contributed by atoms with van der Waals surface area (Å²) in [4.78, 5) is 0. The molecule has 0 bridgehead atoms. The van der Waals surface area contributed by atoms with Crippen LogP contribution in [0.2, 0.25) is 0 Å². The lowest BCUT2D eigenvalue weighted by atomic mass is 10.2. The SMILES string of the molecule is C#Cn1ccc2c(Br)cc(C)cc21. The molecule has 0 aliphatic carbocycles. The minimum atomic E-state index is 1.08. The Kier molecular flexibility index (Phi) is 1.90. The summed E-state index contributed by atoms with van der Waals surface area (Å²) in [6, 6.07) is 8.78. The molecular weight excluding hydrogens is 226 g/mol. The molecule has 0 saturated carbocycles. The van der Waals surface area contributed by atoms with Gasteiger partial charge in [-0.05, 0) is 30.7 Å². The highest BCUT2D eigenvalue weighted by Crippen LogP contribution is 2.26. The molecule has 0 amide bonds. The van der Waals surface area contributed by atoms with Gasteiger partial charge in [0.25, 0.3) is 0 Å². The minimum absolute atomic E-state index is 1.08. The van der Waals surface area contributed by atoms with Gasteiger partial charge in [0, 0.05) is 22.1 Å². The Morgan fingerprint density at radius 2 is 2.23 bits per heavy atom. The van der Waals surface area contributed by atoms with Crippen LogP contribution >= 0.6 is 15.9 Å². The Balaban J connectivity index is 2.92. The Morgan fingerprint density at radius 3 is 2.92 bits per heavy atom. The van der Waals surface area contributed by atoms with Crippen LogP contribution in [0.25, 0.3) is 10.9 Å². The van der Waals surface area contributed by atoms with Crippen LogP contribution in [0.15, 0.2) is 28.9 Å². The second-order valence-corrected chi connectivity index (χ2v) is 3.85. The molecule has 0 unspecified atom stereocenters. The zero-order valence-electron chi connectivity index (χ0n) is 7.21. The molecule has 0 aliphatic heterocycles. The molecule has 0 spiro atoms. The van der Waals surface area contributed by atoms with Crippen LogP contribution in [0.1, 0.15) is 5.56 Å². The largest absolute Gasteiger partial charge is 0.277 e. The van der Waals surface area contributed by atoms with Crippen LogP contribution in [0.5, 0.6) is 0 Å². The normalized spacial score (nSPS) is 10.2. The van der Waals surface area contributed by atoms with Gasteiger partial charge in [-0.25, -0.2) is 0 Å². The molecule has 2 aromatic rings. The number of hydrogen-bond donors (Lipinski definition) is 0. The van der Waals surface area contributed by atoms with E-state index in [9.17, 15) is 0 Å². The van der Waals surface area contributed by atoms with Crippen LogP contribution in [-0.4, -0.2) is 4.57 Å². The smallest absolute Gasteiger partial charge is 0.0625 e. The van der Waals surface area contributed by atoms with Crippen molar-refractivity contribution in [2.75, 3.05) is 0 Å². The van der Waals surface area contributed by atoms with Crippen LogP contribution in [0, 0.1) is 19.4 Å². The van der Waals surface area contributed by atoms with Crippen LogP contribution in [0.4, 0.5) is 0 Å². The molecular formula is C11H8BrN. The second-order valence-electron chi connectivity index (χ2n) is 2.99. The number of terminal acetylenes is 1. The third kappa shape index (κ3) is 1.26. The van der Waals surface area contributed by atoms with E-state index in [-0.39, 0.29) is 0 Å². The third-order valence-electron chi connectivity index (χ3n) is 2.04. The molecule has 2 heteroatoms. The maximum Gasteiger partial charge on any atom is 0.0625 e. The molecule has 64 valence electrons. The monoisotopic (exact) mass is 233 g/mol. The van der Waals surface area contributed by atoms with Crippen molar-refractivity contribution in [1.29, 1.82) is 0 Å². The zero-order valence-corrected chi connectivity index (χ0v) is 8.80. The van der Waals surface area contributed by atoms with Crippen molar-refractivity contribution in [3.8, 4) is 12.5 Å². The van der Waals surface area contributed by atoms with Gasteiger partial charge >= 0.3 is 0 Å². The molecule has 1 nitrogen and oxygen atoms in total. The molecule has 0 saturated heterocycles. The van der Waals surface area contributed by atoms with E-state index >= 15 is 0 Å². The topological polar surface area (TPSA) is 4.93 Å². The number of rotatable bonds is 0. The molecule has 0 N–H and O–H groups in total. The Labute approximate surface area is 85.5 Å². The van der Waals surface area contributed by atoms with E-state index in [1.54, 1.807) is 4.57 Å². The summed E-state index contributed by atoms with van der Waals surface area (Å²) in [5, 5.41) is 1.16. The van der Waals surface area contributed by atoms with Crippen molar-refractivity contribution in [2.24, 2.45) is 0 Å². The van der Waals surface area contributed by atoms with E-state index in [4.69, 9.17) is 6.42 Å². The number of fused-ring (bicyclic) bond motifs is 1. The zero-order chi connectivity index (χ0) is 9.42.